The van der Waals surface area contributed by atoms with Crippen LogP contribution in [0.3, 0.4) is 0 Å². The smallest absolute Gasteiger partial charge is 0.258 e. The van der Waals surface area contributed by atoms with Crippen LogP contribution in [0.5, 0.6) is 5.75 Å². The summed E-state index contributed by atoms with van der Waals surface area (Å²) >= 11 is 1.25. The van der Waals surface area contributed by atoms with Gasteiger partial charge in [0.25, 0.3) is 5.91 Å². The third kappa shape index (κ3) is 5.80. The fourth-order valence-corrected chi connectivity index (χ4v) is 4.90. The first-order valence-electron chi connectivity index (χ1n) is 11.7. The number of halogens is 1. The largest absolute Gasteiger partial charge is 0.484 e. The van der Waals surface area contributed by atoms with E-state index in [0.29, 0.717) is 29.0 Å². The monoisotopic (exact) mass is 517 g/mol. The highest BCUT2D eigenvalue weighted by Crippen LogP contribution is 2.29. The van der Waals surface area contributed by atoms with Crippen LogP contribution in [0.4, 0.5) is 10.1 Å². The number of benzene rings is 3. The number of amides is 2. The summed E-state index contributed by atoms with van der Waals surface area (Å²) in [6.45, 7) is 0.573. The highest BCUT2D eigenvalue weighted by Gasteiger charge is 2.25. The molecule has 0 unspecified atom stereocenters. The number of hydrogen-bond acceptors (Lipinski definition) is 6. The minimum Gasteiger partial charge on any atom is -0.484 e. The molecule has 2 heterocycles. The van der Waals surface area contributed by atoms with Crippen molar-refractivity contribution in [1.29, 1.82) is 0 Å². The lowest BCUT2D eigenvalue weighted by Gasteiger charge is -2.17. The summed E-state index contributed by atoms with van der Waals surface area (Å²) in [6.07, 6.45) is 0.830. The van der Waals surface area contributed by atoms with Crippen LogP contribution in [-0.2, 0) is 22.6 Å². The van der Waals surface area contributed by atoms with Gasteiger partial charge in [0.15, 0.2) is 17.6 Å². The van der Waals surface area contributed by atoms with Gasteiger partial charge in [-0.1, -0.05) is 48.2 Å². The number of carbonyl (C=O) groups is 2. The van der Waals surface area contributed by atoms with Crippen molar-refractivity contribution in [2.45, 2.75) is 18.1 Å². The molecule has 1 aliphatic heterocycles. The van der Waals surface area contributed by atoms with Gasteiger partial charge < -0.3 is 15.0 Å². The minimum absolute atomic E-state index is 0.0310. The Balaban J connectivity index is 1.27. The van der Waals surface area contributed by atoms with E-state index >= 15 is 0 Å². The van der Waals surface area contributed by atoms with E-state index in [1.165, 1.54) is 23.9 Å². The average Bonchev–Trinajstić information content (AvgIpc) is 3.55. The number of ether oxygens (including phenoxy) is 1. The number of hydrogen-bond donors (Lipinski definition) is 1. The second-order valence-electron chi connectivity index (χ2n) is 8.30. The Hall–Kier alpha value is -4.18. The number of anilines is 1. The quantitative estimate of drug-likeness (QED) is 0.340. The Morgan fingerprint density at radius 3 is 2.54 bits per heavy atom. The van der Waals surface area contributed by atoms with E-state index in [-0.39, 0.29) is 36.5 Å². The number of para-hydroxylation sites is 2. The molecule has 1 aliphatic rings. The van der Waals surface area contributed by atoms with Gasteiger partial charge in [0, 0.05) is 17.9 Å². The number of nitrogens with zero attached hydrogens (tertiary/aromatic N) is 4. The number of aromatic nitrogens is 3. The highest BCUT2D eigenvalue weighted by atomic mass is 32.2. The normalized spacial score (nSPS) is 12.3. The molecule has 1 aromatic heterocycles. The van der Waals surface area contributed by atoms with Crippen molar-refractivity contribution in [3.63, 3.8) is 0 Å². The van der Waals surface area contributed by atoms with Gasteiger partial charge in [-0.15, -0.1) is 10.2 Å². The zero-order valence-electron chi connectivity index (χ0n) is 19.8. The Morgan fingerprint density at radius 2 is 1.73 bits per heavy atom. The molecule has 0 fully saturated rings. The first kappa shape index (κ1) is 24.5. The van der Waals surface area contributed by atoms with Gasteiger partial charge in [0.05, 0.1) is 12.3 Å². The van der Waals surface area contributed by atoms with Crippen LogP contribution in [-0.4, -0.2) is 45.5 Å². The Bertz CT molecular complexity index is 1390. The maximum absolute atomic E-state index is 13.6. The number of carbonyl (C=O) groups excluding carboxylic acids is 2. The van der Waals surface area contributed by atoms with E-state index in [0.717, 1.165) is 17.7 Å². The van der Waals surface area contributed by atoms with Gasteiger partial charge >= 0.3 is 0 Å². The van der Waals surface area contributed by atoms with Gasteiger partial charge in [0.1, 0.15) is 11.6 Å². The maximum Gasteiger partial charge on any atom is 0.258 e. The molecular formula is C27H24FN5O3S. The summed E-state index contributed by atoms with van der Waals surface area (Å²) in [4.78, 5) is 27.2. The molecule has 0 saturated carbocycles. The summed E-state index contributed by atoms with van der Waals surface area (Å²) < 4.78 is 20.8. The number of fused-ring (bicyclic) bond motifs is 1. The molecule has 188 valence electrons. The van der Waals surface area contributed by atoms with Crippen LogP contribution in [0.25, 0.3) is 5.69 Å². The molecule has 5 rings (SSSR count). The molecule has 0 radical (unpaired) electrons. The molecule has 3 aromatic carbocycles. The summed E-state index contributed by atoms with van der Waals surface area (Å²) in [7, 11) is 0. The SMILES string of the molecule is O=C(COc1ccccc1)NCc1nnc(SCC(=O)N2CCc3ccccc32)n1-c1ccc(F)cc1. The average molecular weight is 518 g/mol. The van der Waals surface area contributed by atoms with Crippen molar-refractivity contribution in [2.24, 2.45) is 0 Å². The summed E-state index contributed by atoms with van der Waals surface area (Å²) in [6, 6.07) is 22.8. The summed E-state index contributed by atoms with van der Waals surface area (Å²) in [5.74, 6) is 0.468. The Labute approximate surface area is 217 Å². The van der Waals surface area contributed by atoms with E-state index < -0.39 is 0 Å². The predicted octanol–water partition coefficient (Wildman–Crippen LogP) is 3.78. The molecule has 0 atom stereocenters. The lowest BCUT2D eigenvalue weighted by atomic mass is 10.2. The fourth-order valence-electron chi connectivity index (χ4n) is 4.05. The van der Waals surface area contributed by atoms with Crippen molar-refractivity contribution in [3.8, 4) is 11.4 Å². The summed E-state index contributed by atoms with van der Waals surface area (Å²) in [5, 5.41) is 11.7. The highest BCUT2D eigenvalue weighted by molar-refractivity contribution is 7.99. The van der Waals surface area contributed by atoms with Gasteiger partial charge in [-0.3, -0.25) is 14.2 Å². The van der Waals surface area contributed by atoms with Crippen molar-refractivity contribution in [1.82, 2.24) is 20.1 Å². The van der Waals surface area contributed by atoms with Gasteiger partial charge in [0.2, 0.25) is 5.91 Å². The summed E-state index contributed by atoms with van der Waals surface area (Å²) in [5.41, 5.74) is 2.72. The van der Waals surface area contributed by atoms with Crippen LogP contribution >= 0.6 is 11.8 Å². The molecule has 0 spiro atoms. The molecule has 10 heteroatoms. The zero-order chi connectivity index (χ0) is 25.6. The minimum atomic E-state index is -0.373. The Kier molecular flexibility index (Phi) is 7.46. The van der Waals surface area contributed by atoms with E-state index in [1.54, 1.807) is 33.7 Å². The number of nitrogens with one attached hydrogen (secondary N) is 1. The molecule has 2 amide bonds. The molecule has 8 nitrogen and oxygen atoms in total. The van der Waals surface area contributed by atoms with Crippen LogP contribution < -0.4 is 15.0 Å². The van der Waals surface area contributed by atoms with E-state index in [9.17, 15) is 14.0 Å². The second-order valence-corrected chi connectivity index (χ2v) is 9.24. The number of rotatable bonds is 9. The Morgan fingerprint density at radius 1 is 0.973 bits per heavy atom. The van der Waals surface area contributed by atoms with Gasteiger partial charge in [-0.25, -0.2) is 4.39 Å². The van der Waals surface area contributed by atoms with Crippen LogP contribution in [0.2, 0.25) is 0 Å². The van der Waals surface area contributed by atoms with Crippen molar-refractivity contribution < 1.29 is 18.7 Å². The van der Waals surface area contributed by atoms with Crippen LogP contribution in [0.15, 0.2) is 84.0 Å². The van der Waals surface area contributed by atoms with Crippen LogP contribution in [0, 0.1) is 5.82 Å². The predicted molar refractivity (Wildman–Crippen MR) is 138 cm³/mol. The van der Waals surface area contributed by atoms with Crippen molar-refractivity contribution in [3.05, 3.63) is 96.1 Å². The zero-order valence-corrected chi connectivity index (χ0v) is 20.7. The molecule has 0 saturated heterocycles. The first-order valence-corrected chi connectivity index (χ1v) is 12.7. The van der Waals surface area contributed by atoms with Gasteiger partial charge in [-0.05, 0) is 54.4 Å². The third-order valence-electron chi connectivity index (χ3n) is 5.85. The molecule has 4 aromatic rings. The fraction of sp³-hybridized carbons (Fsp3) is 0.185. The van der Waals surface area contributed by atoms with Crippen LogP contribution in [0.1, 0.15) is 11.4 Å². The molecule has 0 aliphatic carbocycles. The second kappa shape index (κ2) is 11.3. The lowest BCUT2D eigenvalue weighted by molar-refractivity contribution is -0.123. The standard InChI is InChI=1S/C27H24FN5O3S/c28-20-10-12-21(13-11-20)33-24(16-29-25(34)17-36-22-7-2-1-3-8-22)30-31-27(33)37-18-26(35)32-15-14-19-6-4-5-9-23(19)32/h1-13H,14-18H2,(H,29,34). The molecule has 1 N–H and O–H groups in total. The first-order chi connectivity index (χ1) is 18.1. The number of thioether (sulfide) groups is 1. The lowest BCUT2D eigenvalue weighted by Crippen LogP contribution is -2.30. The molecule has 0 bridgehead atoms. The maximum atomic E-state index is 13.6. The van der Waals surface area contributed by atoms with Crippen molar-refractivity contribution >= 4 is 29.3 Å². The van der Waals surface area contributed by atoms with E-state index in [4.69, 9.17) is 4.74 Å². The molecular weight excluding hydrogens is 493 g/mol. The topological polar surface area (TPSA) is 89.3 Å². The van der Waals surface area contributed by atoms with Gasteiger partial charge in [-0.2, -0.15) is 0 Å². The molecule has 37 heavy (non-hydrogen) atoms. The van der Waals surface area contributed by atoms with E-state index in [1.807, 2.05) is 42.5 Å². The van der Waals surface area contributed by atoms with Crippen molar-refractivity contribution in [2.75, 3.05) is 23.8 Å². The third-order valence-corrected chi connectivity index (χ3v) is 6.77. The van der Waals surface area contributed by atoms with E-state index in [2.05, 4.69) is 15.5 Å².